The Balaban J connectivity index is 1.69. The van der Waals surface area contributed by atoms with E-state index in [9.17, 15) is 13.2 Å². The van der Waals surface area contributed by atoms with Crippen molar-refractivity contribution >= 4 is 39.2 Å². The predicted octanol–water partition coefficient (Wildman–Crippen LogP) is 2.96. The summed E-state index contributed by atoms with van der Waals surface area (Å²) < 4.78 is 28.2. The van der Waals surface area contributed by atoms with Crippen LogP contribution >= 0.6 is 0 Å². The Bertz CT molecular complexity index is 1140. The van der Waals surface area contributed by atoms with Gasteiger partial charge in [-0.25, -0.2) is 4.98 Å². The first-order chi connectivity index (χ1) is 13.9. The summed E-state index contributed by atoms with van der Waals surface area (Å²) in [6, 6.07) is 11.2. The number of nitrogens with zero attached hydrogens (tertiary/aromatic N) is 3. The minimum Gasteiger partial charge on any atom is -0.346 e. The number of hydrogen-bond acceptors (Lipinski definition) is 4. The summed E-state index contributed by atoms with van der Waals surface area (Å²) in [5.41, 5.74) is 3.03. The van der Waals surface area contributed by atoms with Crippen LogP contribution in [0.1, 0.15) is 19.8 Å². The molecule has 0 unspecified atom stereocenters. The molecule has 8 nitrogen and oxygen atoms in total. The van der Waals surface area contributed by atoms with Crippen LogP contribution in [0.5, 0.6) is 0 Å². The smallest absolute Gasteiger partial charge is 0.301 e. The average molecular weight is 414 g/mol. The van der Waals surface area contributed by atoms with Crippen LogP contribution in [-0.2, 0) is 15.0 Å². The van der Waals surface area contributed by atoms with Crippen molar-refractivity contribution in [2.45, 2.75) is 25.8 Å². The van der Waals surface area contributed by atoms with Crippen LogP contribution in [-0.4, -0.2) is 48.7 Å². The topological polar surface area (TPSA) is 98.4 Å². The van der Waals surface area contributed by atoms with Gasteiger partial charge in [-0.3, -0.25) is 14.4 Å². The van der Waals surface area contributed by atoms with Crippen molar-refractivity contribution in [2.24, 2.45) is 0 Å². The van der Waals surface area contributed by atoms with Crippen LogP contribution in [0.3, 0.4) is 0 Å². The number of nitrogens with one attached hydrogen (secondary N) is 2. The van der Waals surface area contributed by atoms with Gasteiger partial charge < -0.3 is 4.98 Å². The molecule has 1 amide bonds. The van der Waals surface area contributed by atoms with Crippen molar-refractivity contribution in [1.82, 2.24) is 14.3 Å². The Morgan fingerprint density at radius 2 is 1.97 bits per heavy atom. The maximum absolute atomic E-state index is 12.2. The molecule has 1 fully saturated rings. The maximum atomic E-state index is 12.2. The van der Waals surface area contributed by atoms with Gasteiger partial charge in [0, 0.05) is 36.9 Å². The maximum Gasteiger partial charge on any atom is 0.301 e. The zero-order valence-electron chi connectivity index (χ0n) is 16.3. The number of aromatic amines is 1. The molecular weight excluding hydrogens is 390 g/mol. The van der Waals surface area contributed by atoms with E-state index in [4.69, 9.17) is 0 Å². The van der Waals surface area contributed by atoms with Gasteiger partial charge in [-0.2, -0.15) is 12.7 Å². The molecule has 9 heteroatoms. The molecule has 1 aliphatic rings. The largest absolute Gasteiger partial charge is 0.346 e. The van der Waals surface area contributed by atoms with Gasteiger partial charge in [-0.1, -0.05) is 19.1 Å². The molecule has 0 spiro atoms. The molecule has 3 aromatic rings. The number of carbonyl (C=O) groups excluding carboxylic acids is 1. The SMILES string of the molecule is CCN(C)S(=O)(=O)Nc1ccc(-c2cc(N(C=O)C3CC3)nc3[nH]ccc23)cc1. The van der Waals surface area contributed by atoms with Crippen LogP contribution in [0.25, 0.3) is 22.2 Å². The van der Waals surface area contributed by atoms with Crippen molar-refractivity contribution in [3.8, 4) is 11.1 Å². The lowest BCUT2D eigenvalue weighted by Gasteiger charge is -2.18. The van der Waals surface area contributed by atoms with Gasteiger partial charge in [-0.05, 0) is 48.2 Å². The lowest BCUT2D eigenvalue weighted by molar-refractivity contribution is -0.107. The van der Waals surface area contributed by atoms with Gasteiger partial charge in [0.05, 0.1) is 0 Å². The third-order valence-corrected chi connectivity index (χ3v) is 6.70. The summed E-state index contributed by atoms with van der Waals surface area (Å²) in [6.07, 6.45) is 4.62. The highest BCUT2D eigenvalue weighted by atomic mass is 32.2. The summed E-state index contributed by atoms with van der Waals surface area (Å²) >= 11 is 0. The number of hydrogen-bond donors (Lipinski definition) is 2. The van der Waals surface area contributed by atoms with E-state index in [0.29, 0.717) is 23.7 Å². The van der Waals surface area contributed by atoms with Crippen molar-refractivity contribution in [1.29, 1.82) is 0 Å². The van der Waals surface area contributed by atoms with E-state index in [1.54, 1.807) is 24.0 Å². The number of fused-ring (bicyclic) bond motifs is 1. The predicted molar refractivity (Wildman–Crippen MR) is 114 cm³/mol. The second-order valence-corrected chi connectivity index (χ2v) is 8.89. The summed E-state index contributed by atoms with van der Waals surface area (Å²) in [5, 5.41) is 0.939. The molecule has 1 saturated carbocycles. The van der Waals surface area contributed by atoms with E-state index in [1.807, 2.05) is 30.5 Å². The van der Waals surface area contributed by atoms with Crippen LogP contribution in [0, 0.1) is 0 Å². The zero-order valence-corrected chi connectivity index (χ0v) is 17.1. The summed E-state index contributed by atoms with van der Waals surface area (Å²) in [7, 11) is -2.04. The van der Waals surface area contributed by atoms with Gasteiger partial charge in [0.25, 0.3) is 0 Å². The number of H-pyrrole nitrogens is 1. The second kappa shape index (κ2) is 7.49. The number of rotatable bonds is 8. The molecule has 4 rings (SSSR count). The zero-order chi connectivity index (χ0) is 20.6. The van der Waals surface area contributed by atoms with E-state index in [0.717, 1.165) is 35.8 Å². The van der Waals surface area contributed by atoms with E-state index in [2.05, 4.69) is 14.7 Å². The number of carbonyl (C=O) groups is 1. The van der Waals surface area contributed by atoms with E-state index >= 15 is 0 Å². The van der Waals surface area contributed by atoms with Crippen molar-refractivity contribution in [3.05, 3.63) is 42.6 Å². The molecule has 0 bridgehead atoms. The van der Waals surface area contributed by atoms with E-state index in [1.165, 1.54) is 11.4 Å². The van der Waals surface area contributed by atoms with E-state index < -0.39 is 10.2 Å². The Kier molecular flexibility index (Phi) is 5.01. The Hall–Kier alpha value is -2.91. The lowest BCUT2D eigenvalue weighted by Crippen LogP contribution is -2.32. The first-order valence-electron chi connectivity index (χ1n) is 9.49. The fourth-order valence-electron chi connectivity index (χ4n) is 3.19. The van der Waals surface area contributed by atoms with Gasteiger partial charge in [0.1, 0.15) is 11.5 Å². The molecule has 2 aromatic heterocycles. The standard InChI is InChI=1S/C20H23N5O3S/c1-3-24(2)29(27,28)23-15-6-4-14(5-7-15)18-12-19(25(13-26)16-8-9-16)22-20-17(18)10-11-21-20/h4-7,10-13,16,23H,3,8-9H2,1-2H3,(H,21,22). The quantitative estimate of drug-likeness (QED) is 0.555. The normalized spacial score (nSPS) is 14.3. The fraction of sp³-hybridized carbons (Fsp3) is 0.300. The van der Waals surface area contributed by atoms with Crippen molar-refractivity contribution in [3.63, 3.8) is 0 Å². The molecule has 0 saturated heterocycles. The van der Waals surface area contributed by atoms with Crippen LogP contribution in [0.2, 0.25) is 0 Å². The minimum atomic E-state index is -3.57. The first kappa shape index (κ1) is 19.4. The monoisotopic (exact) mass is 413 g/mol. The van der Waals surface area contributed by atoms with Crippen LogP contribution < -0.4 is 9.62 Å². The van der Waals surface area contributed by atoms with Crippen molar-refractivity contribution in [2.75, 3.05) is 23.2 Å². The Morgan fingerprint density at radius 1 is 1.24 bits per heavy atom. The Morgan fingerprint density at radius 3 is 2.59 bits per heavy atom. The molecule has 152 valence electrons. The Labute approximate surface area is 169 Å². The van der Waals surface area contributed by atoms with Crippen LogP contribution in [0.15, 0.2) is 42.6 Å². The number of pyridine rings is 1. The molecule has 0 radical (unpaired) electrons. The molecule has 1 aromatic carbocycles. The van der Waals surface area contributed by atoms with Crippen molar-refractivity contribution < 1.29 is 13.2 Å². The van der Waals surface area contributed by atoms with Gasteiger partial charge in [0.2, 0.25) is 6.41 Å². The molecule has 2 heterocycles. The molecular formula is C20H23N5O3S. The lowest BCUT2D eigenvalue weighted by atomic mass is 10.0. The van der Waals surface area contributed by atoms with Gasteiger partial charge >= 0.3 is 10.2 Å². The summed E-state index contributed by atoms with van der Waals surface area (Å²) in [6.45, 7) is 2.16. The van der Waals surface area contributed by atoms with Gasteiger partial charge in [-0.15, -0.1) is 0 Å². The molecule has 1 aliphatic carbocycles. The highest BCUT2D eigenvalue weighted by molar-refractivity contribution is 7.90. The second-order valence-electron chi connectivity index (χ2n) is 7.11. The summed E-state index contributed by atoms with van der Waals surface area (Å²) in [5.74, 6) is 0.613. The molecule has 29 heavy (non-hydrogen) atoms. The first-order valence-corrected chi connectivity index (χ1v) is 10.9. The third-order valence-electron chi connectivity index (χ3n) is 5.13. The molecule has 0 atom stereocenters. The molecule has 0 aliphatic heterocycles. The minimum absolute atomic E-state index is 0.215. The molecule has 2 N–H and O–H groups in total. The number of amides is 1. The van der Waals surface area contributed by atoms with Gasteiger partial charge in [0.15, 0.2) is 0 Å². The average Bonchev–Trinajstić information content (AvgIpc) is 3.43. The number of benzene rings is 1. The number of anilines is 2. The summed E-state index contributed by atoms with van der Waals surface area (Å²) in [4.78, 5) is 21.0. The van der Waals surface area contributed by atoms with E-state index in [-0.39, 0.29) is 6.04 Å². The number of aromatic nitrogens is 2. The fourth-order valence-corrected chi connectivity index (χ4v) is 4.12. The van der Waals surface area contributed by atoms with Crippen LogP contribution in [0.4, 0.5) is 11.5 Å². The third kappa shape index (κ3) is 3.83. The highest BCUT2D eigenvalue weighted by Gasteiger charge is 2.30. The highest BCUT2D eigenvalue weighted by Crippen LogP contribution is 2.35.